The van der Waals surface area contributed by atoms with Crippen LogP contribution in [0.2, 0.25) is 0 Å². The van der Waals surface area contributed by atoms with Crippen LogP contribution >= 0.6 is 0 Å². The number of aliphatic hydroxyl groups excluding tert-OH is 1. The van der Waals surface area contributed by atoms with Crippen molar-refractivity contribution in [1.82, 2.24) is 26.6 Å². The minimum Gasteiger partial charge on any atom is -0.508 e. The summed E-state index contributed by atoms with van der Waals surface area (Å²) in [5.74, 6) is -5.14. The lowest BCUT2D eigenvalue weighted by molar-refractivity contribution is -0.138. The maximum Gasteiger partial charge on any atom is 0.322 e. The summed E-state index contributed by atoms with van der Waals surface area (Å²) in [6, 6.07) is 3.43. The van der Waals surface area contributed by atoms with Crippen LogP contribution in [0, 0.1) is 0 Å². The zero-order valence-electron chi connectivity index (χ0n) is 18.6. The van der Waals surface area contributed by atoms with Gasteiger partial charge in [0.2, 0.25) is 29.5 Å². The number of hydrogen-bond acceptors (Lipinski definition) is 9. The number of hydrogen-bond donors (Lipinski definition) is 9. The second kappa shape index (κ2) is 14.8. The van der Waals surface area contributed by atoms with Gasteiger partial charge in [-0.3, -0.25) is 28.8 Å². The number of carbonyl (C=O) groups excluding carboxylic acids is 5. The molecule has 10 N–H and O–H groups in total. The van der Waals surface area contributed by atoms with E-state index in [9.17, 15) is 39.0 Å². The Labute approximate surface area is 199 Å². The van der Waals surface area contributed by atoms with Crippen molar-refractivity contribution < 1.29 is 44.1 Å². The molecule has 2 atom stereocenters. The summed E-state index contributed by atoms with van der Waals surface area (Å²) >= 11 is 0. The SMILES string of the molecule is NCC(=O)N[C@@H](Cc1ccc(O)cc1)C(=O)NCC(=O)NCC(=O)N[C@@H](CO)C(=O)NCC(=O)O. The van der Waals surface area contributed by atoms with Gasteiger partial charge in [-0.25, -0.2) is 0 Å². The van der Waals surface area contributed by atoms with Gasteiger partial charge in [0.25, 0.3) is 0 Å². The zero-order chi connectivity index (χ0) is 26.4. The molecule has 15 nitrogen and oxygen atoms in total. The number of aromatic hydroxyl groups is 1. The molecule has 1 aromatic rings. The fraction of sp³-hybridized carbons (Fsp3) is 0.400. The Morgan fingerprint density at radius 2 is 1.31 bits per heavy atom. The molecule has 15 heteroatoms. The average molecular weight is 496 g/mol. The molecule has 0 aliphatic carbocycles. The number of carboxylic acid groups (broad SMARTS) is 1. The topological polar surface area (TPSA) is 249 Å². The molecule has 1 aromatic carbocycles. The summed E-state index contributed by atoms with van der Waals surface area (Å²) < 4.78 is 0. The Morgan fingerprint density at radius 1 is 0.771 bits per heavy atom. The third-order valence-corrected chi connectivity index (χ3v) is 4.33. The standard InChI is InChI=1S/C20H28N6O9/c21-6-15(29)25-13(5-11-1-3-12(28)4-2-11)19(34)23-7-16(30)22-8-17(31)26-14(10-27)20(35)24-9-18(32)33/h1-4,13-14,27-28H,5-10,21H2,(H,22,30)(H,23,34)(H,24,35)(H,25,29)(H,26,31)(H,32,33)/t13-,14-/m0/s1. The number of carbonyl (C=O) groups is 6. The first-order chi connectivity index (χ1) is 16.5. The number of nitrogens with two attached hydrogens (primary N) is 1. The van der Waals surface area contributed by atoms with Gasteiger partial charge in [0, 0.05) is 6.42 Å². The Morgan fingerprint density at radius 3 is 1.89 bits per heavy atom. The van der Waals surface area contributed by atoms with E-state index in [0.717, 1.165) is 0 Å². The smallest absolute Gasteiger partial charge is 0.322 e. The average Bonchev–Trinajstić information content (AvgIpc) is 2.83. The molecule has 0 aliphatic rings. The second-order valence-electron chi connectivity index (χ2n) is 7.10. The molecule has 0 aliphatic heterocycles. The van der Waals surface area contributed by atoms with Gasteiger partial charge >= 0.3 is 5.97 Å². The van der Waals surface area contributed by atoms with E-state index in [1.54, 1.807) is 12.1 Å². The number of amides is 5. The minimum absolute atomic E-state index is 0.0210. The highest BCUT2D eigenvalue weighted by atomic mass is 16.4. The van der Waals surface area contributed by atoms with Crippen LogP contribution < -0.4 is 32.3 Å². The van der Waals surface area contributed by atoms with Gasteiger partial charge in [-0.05, 0) is 17.7 Å². The number of aliphatic hydroxyl groups is 1. The first-order valence-electron chi connectivity index (χ1n) is 10.3. The summed E-state index contributed by atoms with van der Waals surface area (Å²) in [5, 5.41) is 38.1. The van der Waals surface area contributed by atoms with Gasteiger partial charge in [0.05, 0.1) is 26.2 Å². The fourth-order valence-corrected chi connectivity index (χ4v) is 2.59. The van der Waals surface area contributed by atoms with Crippen molar-refractivity contribution in [2.24, 2.45) is 5.73 Å². The van der Waals surface area contributed by atoms with Crippen molar-refractivity contribution in [3.8, 4) is 5.75 Å². The van der Waals surface area contributed by atoms with Gasteiger partial charge < -0.3 is 47.6 Å². The van der Waals surface area contributed by atoms with Crippen LogP contribution in [0.1, 0.15) is 5.56 Å². The maximum atomic E-state index is 12.5. The van der Waals surface area contributed by atoms with Crippen molar-refractivity contribution >= 4 is 35.5 Å². The number of carboxylic acids is 1. The van der Waals surface area contributed by atoms with Gasteiger partial charge in [-0.1, -0.05) is 12.1 Å². The van der Waals surface area contributed by atoms with Crippen molar-refractivity contribution in [2.45, 2.75) is 18.5 Å². The zero-order valence-corrected chi connectivity index (χ0v) is 18.6. The Kier molecular flexibility index (Phi) is 12.2. The molecule has 0 heterocycles. The Balaban J connectivity index is 2.54. The molecule has 192 valence electrons. The quantitative estimate of drug-likeness (QED) is 0.119. The van der Waals surface area contributed by atoms with E-state index in [2.05, 4.69) is 21.3 Å². The maximum absolute atomic E-state index is 12.5. The lowest BCUT2D eigenvalue weighted by Crippen LogP contribution is -2.53. The van der Waals surface area contributed by atoms with Gasteiger partial charge in [-0.15, -0.1) is 0 Å². The Hall–Kier alpha value is -4.24. The van der Waals surface area contributed by atoms with Crippen LogP contribution in [-0.4, -0.2) is 95.7 Å². The molecule has 0 saturated heterocycles. The minimum atomic E-state index is -1.43. The third-order valence-electron chi connectivity index (χ3n) is 4.33. The molecule has 35 heavy (non-hydrogen) atoms. The van der Waals surface area contributed by atoms with Crippen molar-refractivity contribution in [2.75, 3.05) is 32.8 Å². The van der Waals surface area contributed by atoms with E-state index in [4.69, 9.17) is 10.8 Å². The molecular weight excluding hydrogens is 468 g/mol. The van der Waals surface area contributed by atoms with Gasteiger partial charge in [0.15, 0.2) is 0 Å². The van der Waals surface area contributed by atoms with Crippen LogP contribution in [0.4, 0.5) is 0 Å². The van der Waals surface area contributed by atoms with Crippen LogP contribution in [0.25, 0.3) is 0 Å². The van der Waals surface area contributed by atoms with Crippen LogP contribution in [0.3, 0.4) is 0 Å². The molecule has 0 unspecified atom stereocenters. The predicted molar refractivity (Wildman–Crippen MR) is 118 cm³/mol. The third kappa shape index (κ3) is 11.4. The van der Waals surface area contributed by atoms with Crippen LogP contribution in [0.5, 0.6) is 5.75 Å². The van der Waals surface area contributed by atoms with E-state index >= 15 is 0 Å². The predicted octanol–water partition coefficient (Wildman–Crippen LogP) is -4.71. The van der Waals surface area contributed by atoms with Crippen molar-refractivity contribution in [1.29, 1.82) is 0 Å². The summed E-state index contributed by atoms with van der Waals surface area (Å²) in [6.07, 6.45) is 0.0500. The summed E-state index contributed by atoms with van der Waals surface area (Å²) in [4.78, 5) is 70.2. The number of aliphatic carboxylic acids is 1. The lowest BCUT2D eigenvalue weighted by Gasteiger charge is -2.18. The number of benzene rings is 1. The largest absolute Gasteiger partial charge is 0.508 e. The van der Waals surface area contributed by atoms with Crippen molar-refractivity contribution in [3.63, 3.8) is 0 Å². The first kappa shape index (κ1) is 28.8. The highest BCUT2D eigenvalue weighted by Crippen LogP contribution is 2.11. The molecule has 0 spiro atoms. The highest BCUT2D eigenvalue weighted by Gasteiger charge is 2.23. The molecule has 1 rings (SSSR count). The summed E-state index contributed by atoms with van der Waals surface area (Å²) in [5.41, 5.74) is 5.89. The number of rotatable bonds is 14. The molecular formula is C20H28N6O9. The second-order valence-corrected chi connectivity index (χ2v) is 7.10. The molecule has 0 saturated carbocycles. The highest BCUT2D eigenvalue weighted by molar-refractivity contribution is 5.93. The van der Waals surface area contributed by atoms with E-state index in [1.165, 1.54) is 12.1 Å². The first-order valence-corrected chi connectivity index (χ1v) is 10.3. The monoisotopic (exact) mass is 496 g/mol. The molecule has 0 bridgehead atoms. The lowest BCUT2D eigenvalue weighted by atomic mass is 10.0. The Bertz CT molecular complexity index is 922. The van der Waals surface area contributed by atoms with E-state index in [-0.39, 0.29) is 18.7 Å². The van der Waals surface area contributed by atoms with E-state index in [0.29, 0.717) is 5.56 Å². The van der Waals surface area contributed by atoms with Crippen LogP contribution in [0.15, 0.2) is 24.3 Å². The van der Waals surface area contributed by atoms with Gasteiger partial charge in [0.1, 0.15) is 24.4 Å². The molecule has 5 amide bonds. The molecule has 0 radical (unpaired) electrons. The summed E-state index contributed by atoms with van der Waals surface area (Å²) in [6.45, 7) is -3.02. The molecule has 0 aromatic heterocycles. The normalized spacial score (nSPS) is 11.9. The fourth-order valence-electron chi connectivity index (χ4n) is 2.59. The van der Waals surface area contributed by atoms with Gasteiger partial charge in [-0.2, -0.15) is 0 Å². The number of phenolic OH excluding ortho intramolecular Hbond substituents is 1. The van der Waals surface area contributed by atoms with Crippen LogP contribution in [-0.2, 0) is 35.2 Å². The summed E-state index contributed by atoms with van der Waals surface area (Å²) in [7, 11) is 0. The van der Waals surface area contributed by atoms with Crippen molar-refractivity contribution in [3.05, 3.63) is 29.8 Å². The molecule has 0 fully saturated rings. The number of nitrogens with one attached hydrogen (secondary N) is 5. The number of phenols is 1. The van der Waals surface area contributed by atoms with E-state index < -0.39 is 73.8 Å². The van der Waals surface area contributed by atoms with E-state index in [1.807, 2.05) is 5.32 Å².